The number of nitrogens with one attached hydrogen (secondary N) is 1. The Morgan fingerprint density at radius 1 is 1.50 bits per heavy atom. The number of hydrogen-bond donors (Lipinski definition) is 2. The summed E-state index contributed by atoms with van der Waals surface area (Å²) in [7, 11) is 0. The highest BCUT2D eigenvalue weighted by molar-refractivity contribution is 5.58. The molecule has 0 spiro atoms. The van der Waals surface area contributed by atoms with Crippen molar-refractivity contribution in [3.63, 3.8) is 0 Å². The van der Waals surface area contributed by atoms with Gasteiger partial charge in [0.05, 0.1) is 0 Å². The second-order valence-electron chi connectivity index (χ2n) is 3.49. The minimum Gasteiger partial charge on any atom is -0.508 e. The Bertz CT molecular complexity index is 296. The van der Waals surface area contributed by atoms with E-state index in [1.165, 1.54) is 0 Å². The molecule has 0 saturated carbocycles. The van der Waals surface area contributed by atoms with E-state index in [9.17, 15) is 5.11 Å². The molecule has 1 aromatic rings. The maximum absolute atomic E-state index is 9.53. The van der Waals surface area contributed by atoms with E-state index in [-0.39, 0.29) is 0 Å². The van der Waals surface area contributed by atoms with E-state index in [1.807, 2.05) is 12.1 Å². The normalized spacial score (nSPS) is 21.2. The van der Waals surface area contributed by atoms with Gasteiger partial charge in [0.1, 0.15) is 5.75 Å². The number of anilines is 1. The Hall–Kier alpha value is -1.18. The number of rotatable bonds is 0. The molecular formula is C10H13NO. The number of benzene rings is 1. The molecule has 0 bridgehead atoms. The van der Waals surface area contributed by atoms with Crippen LogP contribution < -0.4 is 5.32 Å². The topological polar surface area (TPSA) is 32.3 Å². The molecule has 64 valence electrons. The molecule has 1 aliphatic heterocycles. The van der Waals surface area contributed by atoms with E-state index >= 15 is 0 Å². The van der Waals surface area contributed by atoms with Gasteiger partial charge in [-0.2, -0.15) is 0 Å². The van der Waals surface area contributed by atoms with Gasteiger partial charge in [0, 0.05) is 17.8 Å². The van der Waals surface area contributed by atoms with Gasteiger partial charge in [0.25, 0.3) is 0 Å². The fourth-order valence-electron chi connectivity index (χ4n) is 1.66. The minimum atomic E-state index is 0.423. The Morgan fingerprint density at radius 2 is 2.33 bits per heavy atom. The Kier molecular flexibility index (Phi) is 1.68. The van der Waals surface area contributed by atoms with Gasteiger partial charge in [-0.1, -0.05) is 13.0 Å². The molecule has 2 rings (SSSR count). The largest absolute Gasteiger partial charge is 0.508 e. The lowest BCUT2D eigenvalue weighted by atomic mass is 9.95. The molecule has 1 heterocycles. The monoisotopic (exact) mass is 163 g/mol. The predicted octanol–water partition coefficient (Wildman–Crippen LogP) is 2.00. The van der Waals surface area contributed by atoms with Crippen molar-refractivity contribution in [1.82, 2.24) is 0 Å². The summed E-state index contributed by atoms with van der Waals surface area (Å²) in [6.07, 6.45) is 0.981. The lowest BCUT2D eigenvalue weighted by molar-refractivity contribution is 0.458. The highest BCUT2D eigenvalue weighted by Gasteiger charge is 2.16. The molecule has 2 N–H and O–H groups in total. The van der Waals surface area contributed by atoms with E-state index in [4.69, 9.17) is 0 Å². The zero-order chi connectivity index (χ0) is 8.55. The zero-order valence-corrected chi connectivity index (χ0v) is 7.17. The minimum absolute atomic E-state index is 0.423. The molecule has 0 amide bonds. The lowest BCUT2D eigenvalue weighted by Gasteiger charge is -2.23. The summed E-state index contributed by atoms with van der Waals surface area (Å²) in [5.74, 6) is 1.04. The average Bonchev–Trinajstić information content (AvgIpc) is 2.07. The van der Waals surface area contributed by atoms with Crippen LogP contribution in [-0.4, -0.2) is 11.7 Å². The molecule has 0 radical (unpaired) electrons. The van der Waals surface area contributed by atoms with Crippen LogP contribution in [0.25, 0.3) is 0 Å². The zero-order valence-electron chi connectivity index (χ0n) is 7.17. The number of hydrogen-bond acceptors (Lipinski definition) is 2. The van der Waals surface area contributed by atoms with Crippen molar-refractivity contribution < 1.29 is 5.11 Å². The van der Waals surface area contributed by atoms with Crippen molar-refractivity contribution in [3.8, 4) is 5.75 Å². The molecule has 12 heavy (non-hydrogen) atoms. The highest BCUT2D eigenvalue weighted by atomic mass is 16.3. The predicted molar refractivity (Wildman–Crippen MR) is 49.5 cm³/mol. The first kappa shape index (κ1) is 7.47. The first-order valence-corrected chi connectivity index (χ1v) is 4.32. The third kappa shape index (κ3) is 1.13. The van der Waals surface area contributed by atoms with E-state index in [0.717, 1.165) is 24.2 Å². The Labute approximate surface area is 72.2 Å². The van der Waals surface area contributed by atoms with Crippen molar-refractivity contribution in [2.45, 2.75) is 13.3 Å². The summed E-state index contributed by atoms with van der Waals surface area (Å²) in [6, 6.07) is 5.64. The van der Waals surface area contributed by atoms with Gasteiger partial charge in [0.2, 0.25) is 0 Å². The second-order valence-corrected chi connectivity index (χ2v) is 3.49. The van der Waals surface area contributed by atoms with Crippen LogP contribution in [0.4, 0.5) is 5.69 Å². The lowest BCUT2D eigenvalue weighted by Crippen LogP contribution is -2.20. The SMILES string of the molecule is CC1CNc2cccc(O)c2C1. The molecule has 0 aromatic heterocycles. The Balaban J connectivity index is 2.43. The van der Waals surface area contributed by atoms with Crippen molar-refractivity contribution in [3.05, 3.63) is 23.8 Å². The molecular weight excluding hydrogens is 150 g/mol. The molecule has 2 heteroatoms. The molecule has 2 nitrogen and oxygen atoms in total. The number of phenols is 1. The van der Waals surface area contributed by atoms with E-state index in [0.29, 0.717) is 11.7 Å². The fraction of sp³-hybridized carbons (Fsp3) is 0.400. The molecule has 1 atom stereocenters. The van der Waals surface area contributed by atoms with E-state index < -0.39 is 0 Å². The quantitative estimate of drug-likeness (QED) is 0.613. The van der Waals surface area contributed by atoms with Gasteiger partial charge in [0.15, 0.2) is 0 Å². The molecule has 0 aliphatic carbocycles. The van der Waals surface area contributed by atoms with Gasteiger partial charge < -0.3 is 10.4 Å². The van der Waals surface area contributed by atoms with Crippen LogP contribution in [0.2, 0.25) is 0 Å². The van der Waals surface area contributed by atoms with Crippen LogP contribution in [0.1, 0.15) is 12.5 Å². The van der Waals surface area contributed by atoms with Crippen LogP contribution in [0.5, 0.6) is 5.75 Å². The first-order chi connectivity index (χ1) is 5.77. The van der Waals surface area contributed by atoms with Crippen LogP contribution in [-0.2, 0) is 6.42 Å². The van der Waals surface area contributed by atoms with Crippen LogP contribution in [0, 0.1) is 5.92 Å². The third-order valence-electron chi connectivity index (χ3n) is 2.34. The number of aromatic hydroxyl groups is 1. The average molecular weight is 163 g/mol. The molecule has 0 fully saturated rings. The summed E-state index contributed by atoms with van der Waals surface area (Å²) in [5, 5.41) is 12.8. The van der Waals surface area contributed by atoms with Crippen molar-refractivity contribution in [2.24, 2.45) is 5.92 Å². The summed E-state index contributed by atoms with van der Waals surface area (Å²) in [4.78, 5) is 0. The summed E-state index contributed by atoms with van der Waals surface area (Å²) >= 11 is 0. The van der Waals surface area contributed by atoms with Crippen LogP contribution >= 0.6 is 0 Å². The van der Waals surface area contributed by atoms with Gasteiger partial charge in [-0.25, -0.2) is 0 Å². The van der Waals surface area contributed by atoms with Crippen LogP contribution in [0.15, 0.2) is 18.2 Å². The van der Waals surface area contributed by atoms with Gasteiger partial charge in [-0.15, -0.1) is 0 Å². The van der Waals surface area contributed by atoms with Gasteiger partial charge in [-0.3, -0.25) is 0 Å². The maximum Gasteiger partial charge on any atom is 0.120 e. The molecule has 1 unspecified atom stereocenters. The highest BCUT2D eigenvalue weighted by Crippen LogP contribution is 2.31. The van der Waals surface area contributed by atoms with Crippen LogP contribution in [0.3, 0.4) is 0 Å². The van der Waals surface area contributed by atoms with Gasteiger partial charge >= 0.3 is 0 Å². The molecule has 1 aliphatic rings. The maximum atomic E-state index is 9.53. The fourth-order valence-corrected chi connectivity index (χ4v) is 1.66. The van der Waals surface area contributed by atoms with Crippen molar-refractivity contribution >= 4 is 5.69 Å². The molecule has 0 saturated heterocycles. The number of fused-ring (bicyclic) bond motifs is 1. The van der Waals surface area contributed by atoms with Gasteiger partial charge in [-0.05, 0) is 24.5 Å². The smallest absolute Gasteiger partial charge is 0.120 e. The van der Waals surface area contributed by atoms with Crippen molar-refractivity contribution in [1.29, 1.82) is 0 Å². The summed E-state index contributed by atoms with van der Waals surface area (Å²) in [5.41, 5.74) is 2.16. The number of phenolic OH excluding ortho intramolecular Hbond substituents is 1. The summed E-state index contributed by atoms with van der Waals surface area (Å²) < 4.78 is 0. The Morgan fingerprint density at radius 3 is 3.17 bits per heavy atom. The van der Waals surface area contributed by atoms with Crippen molar-refractivity contribution in [2.75, 3.05) is 11.9 Å². The molecule has 1 aromatic carbocycles. The first-order valence-electron chi connectivity index (χ1n) is 4.32. The summed E-state index contributed by atoms with van der Waals surface area (Å²) in [6.45, 7) is 3.19. The second kappa shape index (κ2) is 2.70. The standard InChI is InChI=1S/C10H13NO/c1-7-5-8-9(11-6-7)3-2-4-10(8)12/h2-4,7,11-12H,5-6H2,1H3. The van der Waals surface area contributed by atoms with E-state index in [1.54, 1.807) is 6.07 Å². The third-order valence-corrected chi connectivity index (χ3v) is 2.34. The van der Waals surface area contributed by atoms with E-state index in [2.05, 4.69) is 12.2 Å².